The highest BCUT2D eigenvalue weighted by Crippen LogP contribution is 2.34. The molecule has 1 aliphatic rings. The number of nitrogens with zero attached hydrogens (tertiary/aromatic N) is 1. The molecule has 2 atom stereocenters. The summed E-state index contributed by atoms with van der Waals surface area (Å²) in [4.78, 5) is 2.33. The highest BCUT2D eigenvalue weighted by atomic mass is 16.5. The fourth-order valence-corrected chi connectivity index (χ4v) is 2.67. The summed E-state index contributed by atoms with van der Waals surface area (Å²) in [5.74, 6) is 1.68. The van der Waals surface area contributed by atoms with Gasteiger partial charge >= 0.3 is 0 Å². The third-order valence-electron chi connectivity index (χ3n) is 3.69. The monoisotopic (exact) mass is 233 g/mol. The van der Waals surface area contributed by atoms with Crippen molar-refractivity contribution in [1.82, 2.24) is 0 Å². The van der Waals surface area contributed by atoms with Crippen LogP contribution >= 0.6 is 0 Å². The topological polar surface area (TPSA) is 12.5 Å². The normalized spacial score (nSPS) is 23.8. The summed E-state index contributed by atoms with van der Waals surface area (Å²) in [5.41, 5.74) is 1.23. The van der Waals surface area contributed by atoms with Crippen LogP contribution in [0.2, 0.25) is 0 Å². The van der Waals surface area contributed by atoms with Gasteiger partial charge in [0.05, 0.1) is 5.69 Å². The van der Waals surface area contributed by atoms with E-state index in [-0.39, 0.29) is 0 Å². The molecule has 0 radical (unpaired) electrons. The van der Waals surface area contributed by atoms with Gasteiger partial charge in [-0.1, -0.05) is 32.4 Å². The van der Waals surface area contributed by atoms with E-state index >= 15 is 0 Å². The molecule has 1 heterocycles. The summed E-state index contributed by atoms with van der Waals surface area (Å²) in [6, 6.07) is 8.38. The van der Waals surface area contributed by atoms with Crippen LogP contribution in [0.15, 0.2) is 24.3 Å². The number of rotatable bonds is 3. The van der Waals surface area contributed by atoms with Gasteiger partial charge in [0.25, 0.3) is 0 Å². The van der Waals surface area contributed by atoms with Gasteiger partial charge in [-0.3, -0.25) is 0 Å². The Hall–Kier alpha value is -1.18. The van der Waals surface area contributed by atoms with Gasteiger partial charge in [-0.15, -0.1) is 0 Å². The zero-order valence-corrected chi connectivity index (χ0v) is 11.1. The van der Waals surface area contributed by atoms with Crippen LogP contribution in [-0.2, 0) is 0 Å². The molecule has 2 nitrogen and oxygen atoms in total. The lowest BCUT2D eigenvalue weighted by Gasteiger charge is -2.25. The molecule has 0 amide bonds. The summed E-state index contributed by atoms with van der Waals surface area (Å²) in [7, 11) is 2.17. The predicted octanol–water partition coefficient (Wildman–Crippen LogP) is 3.71. The fourth-order valence-electron chi connectivity index (χ4n) is 2.67. The maximum Gasteiger partial charge on any atom is 0.143 e. The summed E-state index contributed by atoms with van der Waals surface area (Å²) in [5, 5.41) is 0. The number of anilines is 1. The zero-order valence-electron chi connectivity index (χ0n) is 11.1. The molecule has 2 rings (SSSR count). The molecule has 1 aliphatic heterocycles. The van der Waals surface area contributed by atoms with Crippen molar-refractivity contribution in [3.05, 3.63) is 24.3 Å². The lowest BCUT2D eigenvalue weighted by Crippen LogP contribution is -2.32. The Balaban J connectivity index is 2.28. The molecule has 0 spiro atoms. The third-order valence-corrected chi connectivity index (χ3v) is 3.69. The molecule has 2 heteroatoms. The first-order chi connectivity index (χ1) is 8.26. The van der Waals surface area contributed by atoms with Crippen LogP contribution < -0.4 is 9.64 Å². The predicted molar refractivity (Wildman–Crippen MR) is 72.8 cm³/mol. The maximum absolute atomic E-state index is 6.23. The minimum Gasteiger partial charge on any atom is -0.488 e. The van der Waals surface area contributed by atoms with E-state index in [1.165, 1.54) is 18.5 Å². The van der Waals surface area contributed by atoms with Crippen molar-refractivity contribution in [3.63, 3.8) is 0 Å². The van der Waals surface area contributed by atoms with Crippen LogP contribution in [0.5, 0.6) is 5.75 Å². The Labute approximate surface area is 105 Å². The van der Waals surface area contributed by atoms with E-state index in [4.69, 9.17) is 4.74 Å². The van der Waals surface area contributed by atoms with Crippen molar-refractivity contribution in [3.8, 4) is 5.75 Å². The van der Waals surface area contributed by atoms with Gasteiger partial charge < -0.3 is 9.64 Å². The molecule has 17 heavy (non-hydrogen) atoms. The van der Waals surface area contributed by atoms with Gasteiger partial charge in [0, 0.05) is 19.5 Å². The molecule has 0 aliphatic carbocycles. The van der Waals surface area contributed by atoms with E-state index < -0.39 is 0 Å². The van der Waals surface area contributed by atoms with Crippen molar-refractivity contribution < 1.29 is 4.74 Å². The second kappa shape index (κ2) is 5.44. The molecular formula is C15H23NO. The average molecular weight is 233 g/mol. The summed E-state index contributed by atoms with van der Waals surface area (Å²) in [6.45, 7) is 5.59. The Morgan fingerprint density at radius 3 is 2.76 bits per heavy atom. The highest BCUT2D eigenvalue weighted by molar-refractivity contribution is 5.58. The third kappa shape index (κ3) is 2.56. The number of hydrogen-bond acceptors (Lipinski definition) is 2. The molecule has 0 fully saturated rings. The number of fused-ring (bicyclic) bond motifs is 1. The van der Waals surface area contributed by atoms with Crippen LogP contribution in [0.3, 0.4) is 0 Å². The molecular weight excluding hydrogens is 210 g/mol. The number of para-hydroxylation sites is 2. The van der Waals surface area contributed by atoms with Gasteiger partial charge in [-0.25, -0.2) is 0 Å². The number of benzene rings is 1. The number of hydrogen-bond donors (Lipinski definition) is 0. The van der Waals surface area contributed by atoms with E-state index in [9.17, 15) is 0 Å². The van der Waals surface area contributed by atoms with E-state index in [2.05, 4.69) is 50.1 Å². The van der Waals surface area contributed by atoms with Gasteiger partial charge in [0.15, 0.2) is 0 Å². The summed E-state index contributed by atoms with van der Waals surface area (Å²) < 4.78 is 6.23. The van der Waals surface area contributed by atoms with E-state index in [0.717, 1.165) is 18.7 Å². The average Bonchev–Trinajstić information content (AvgIpc) is 2.48. The van der Waals surface area contributed by atoms with Crippen molar-refractivity contribution in [1.29, 1.82) is 0 Å². The highest BCUT2D eigenvalue weighted by Gasteiger charge is 2.27. The molecule has 0 saturated heterocycles. The maximum atomic E-state index is 6.23. The Bertz CT molecular complexity index is 364. The standard InChI is InChI=1S/C15H23NO/c1-4-8-14-12(5-2)11-16(3)13-9-6-7-10-15(13)17-14/h6-7,9-10,12,14H,4-5,8,11H2,1-3H3. The molecule has 1 aromatic carbocycles. The van der Waals surface area contributed by atoms with Crippen LogP contribution in [0.1, 0.15) is 33.1 Å². The Morgan fingerprint density at radius 1 is 1.29 bits per heavy atom. The van der Waals surface area contributed by atoms with Crippen LogP contribution in [0.4, 0.5) is 5.69 Å². The van der Waals surface area contributed by atoms with Crippen LogP contribution in [-0.4, -0.2) is 19.7 Å². The first-order valence-electron chi connectivity index (χ1n) is 6.73. The molecule has 0 bridgehead atoms. The second-order valence-electron chi connectivity index (χ2n) is 4.96. The van der Waals surface area contributed by atoms with Gasteiger partial charge in [0.1, 0.15) is 11.9 Å². The summed E-state index contributed by atoms with van der Waals surface area (Å²) in [6.07, 6.45) is 3.90. The van der Waals surface area contributed by atoms with Crippen molar-refractivity contribution in [2.75, 3.05) is 18.5 Å². The van der Waals surface area contributed by atoms with Crippen LogP contribution in [0.25, 0.3) is 0 Å². The molecule has 1 aromatic rings. The lowest BCUT2D eigenvalue weighted by molar-refractivity contribution is 0.131. The quantitative estimate of drug-likeness (QED) is 0.789. The molecule has 0 N–H and O–H groups in total. The Kier molecular flexibility index (Phi) is 3.93. The van der Waals surface area contributed by atoms with E-state index in [1.54, 1.807) is 0 Å². The first kappa shape index (κ1) is 12.3. The second-order valence-corrected chi connectivity index (χ2v) is 4.96. The van der Waals surface area contributed by atoms with Crippen LogP contribution in [0, 0.1) is 5.92 Å². The van der Waals surface area contributed by atoms with Crippen molar-refractivity contribution in [2.45, 2.75) is 39.2 Å². The van der Waals surface area contributed by atoms with Crippen molar-refractivity contribution >= 4 is 5.69 Å². The smallest absolute Gasteiger partial charge is 0.143 e. The Morgan fingerprint density at radius 2 is 2.06 bits per heavy atom. The minimum atomic E-state index is 0.371. The largest absolute Gasteiger partial charge is 0.488 e. The summed E-state index contributed by atoms with van der Waals surface area (Å²) >= 11 is 0. The fraction of sp³-hybridized carbons (Fsp3) is 0.600. The SMILES string of the molecule is CCCC1Oc2ccccc2N(C)CC1CC. The van der Waals surface area contributed by atoms with E-state index in [0.29, 0.717) is 12.0 Å². The molecule has 0 saturated carbocycles. The molecule has 94 valence electrons. The van der Waals surface area contributed by atoms with Gasteiger partial charge in [-0.05, 0) is 25.0 Å². The number of ether oxygens (including phenoxy) is 1. The minimum absolute atomic E-state index is 0.371. The first-order valence-corrected chi connectivity index (χ1v) is 6.73. The molecule has 0 aromatic heterocycles. The van der Waals surface area contributed by atoms with Gasteiger partial charge in [0.2, 0.25) is 0 Å². The lowest BCUT2D eigenvalue weighted by atomic mass is 9.95. The van der Waals surface area contributed by atoms with Gasteiger partial charge in [-0.2, -0.15) is 0 Å². The van der Waals surface area contributed by atoms with E-state index in [1.807, 2.05) is 0 Å². The zero-order chi connectivity index (χ0) is 12.3. The molecule has 2 unspecified atom stereocenters. The van der Waals surface area contributed by atoms with Crippen molar-refractivity contribution in [2.24, 2.45) is 5.92 Å².